The third kappa shape index (κ3) is 6.05. The summed E-state index contributed by atoms with van der Waals surface area (Å²) in [6.45, 7) is 0.762. The second kappa shape index (κ2) is 10.4. The molecular weight excluding hydrogens is 433 g/mol. The number of hydrogen-bond donors (Lipinski definition) is 4. The first-order valence-electron chi connectivity index (χ1n) is 9.52. The SMILES string of the molecule is Cl.Nc1ccc(N2CCS(=O)(=O)CC2)c(-n2nnnc2C(N)CCCCB(O)O)c1. The van der Waals surface area contributed by atoms with Crippen LogP contribution in [0, 0.1) is 0 Å². The van der Waals surface area contributed by atoms with Crippen LogP contribution in [-0.2, 0) is 9.84 Å². The molecule has 0 spiro atoms. The van der Waals surface area contributed by atoms with Gasteiger partial charge in [0.05, 0.1) is 28.9 Å². The van der Waals surface area contributed by atoms with Crippen LogP contribution < -0.4 is 16.4 Å². The molecule has 0 bridgehead atoms. The highest BCUT2D eigenvalue weighted by Crippen LogP contribution is 2.29. The van der Waals surface area contributed by atoms with Crippen molar-refractivity contribution in [2.45, 2.75) is 31.6 Å². The van der Waals surface area contributed by atoms with E-state index >= 15 is 0 Å². The lowest BCUT2D eigenvalue weighted by Gasteiger charge is -2.30. The summed E-state index contributed by atoms with van der Waals surface area (Å²) in [6, 6.07) is 4.89. The second-order valence-corrected chi connectivity index (χ2v) is 9.51. The molecule has 3 rings (SSSR count). The number of aromatic nitrogens is 4. The number of nitrogens with zero attached hydrogens (tertiary/aromatic N) is 5. The van der Waals surface area contributed by atoms with Crippen molar-refractivity contribution < 1.29 is 18.5 Å². The molecule has 0 amide bonds. The molecule has 30 heavy (non-hydrogen) atoms. The summed E-state index contributed by atoms with van der Waals surface area (Å²) in [7, 11) is -4.33. The first-order valence-corrected chi connectivity index (χ1v) is 11.3. The van der Waals surface area contributed by atoms with Crippen molar-refractivity contribution in [1.82, 2.24) is 20.2 Å². The average molecular weight is 460 g/mol. The van der Waals surface area contributed by atoms with Gasteiger partial charge in [-0.1, -0.05) is 12.8 Å². The number of tetrazole rings is 1. The lowest BCUT2D eigenvalue weighted by Crippen LogP contribution is -2.40. The standard InChI is InChI=1S/C16H26BN7O4S.ClH/c18-12-4-5-14(23-7-9-29(27,28)10-8-23)15(11-12)24-16(20-21-22-24)13(19)3-1-2-6-17(25)26;/h4-5,11,13,25-26H,1-3,6-10,18-19H2;1H. The monoisotopic (exact) mass is 459 g/mol. The number of unbranched alkanes of at least 4 members (excludes halogenated alkanes) is 1. The summed E-state index contributed by atoms with van der Waals surface area (Å²) in [4.78, 5) is 1.98. The normalized spacial score (nSPS) is 16.7. The van der Waals surface area contributed by atoms with Gasteiger partial charge in [0.25, 0.3) is 0 Å². The molecule has 2 aromatic rings. The van der Waals surface area contributed by atoms with Crippen molar-refractivity contribution in [1.29, 1.82) is 0 Å². The van der Waals surface area contributed by atoms with Crippen molar-refractivity contribution in [3.05, 3.63) is 24.0 Å². The molecule has 0 radical (unpaired) electrons. The van der Waals surface area contributed by atoms with E-state index in [0.717, 1.165) is 5.69 Å². The Hall–Kier alpha value is -1.93. The third-order valence-corrected chi connectivity index (χ3v) is 6.57. The Bertz CT molecular complexity index is 929. The van der Waals surface area contributed by atoms with Crippen LogP contribution in [-0.4, -0.2) is 70.4 Å². The molecule has 1 fully saturated rings. The maximum Gasteiger partial charge on any atom is 0.451 e. The maximum atomic E-state index is 11.8. The molecule has 1 atom stereocenters. The number of rotatable bonds is 8. The zero-order chi connectivity index (χ0) is 21.0. The van der Waals surface area contributed by atoms with Gasteiger partial charge >= 0.3 is 7.12 Å². The Morgan fingerprint density at radius 1 is 1.17 bits per heavy atom. The van der Waals surface area contributed by atoms with E-state index in [1.54, 1.807) is 16.8 Å². The van der Waals surface area contributed by atoms with Crippen LogP contribution in [0.4, 0.5) is 11.4 Å². The summed E-state index contributed by atoms with van der Waals surface area (Å²) in [6.07, 6.45) is 2.18. The summed E-state index contributed by atoms with van der Waals surface area (Å²) in [5.74, 6) is 0.649. The van der Waals surface area contributed by atoms with Crippen LogP contribution in [0.3, 0.4) is 0 Å². The van der Waals surface area contributed by atoms with E-state index < -0.39 is 23.0 Å². The Kier molecular flexibility index (Phi) is 8.44. The van der Waals surface area contributed by atoms with Gasteiger partial charge < -0.3 is 26.4 Å². The minimum atomic E-state index is -3.01. The highest BCUT2D eigenvalue weighted by atomic mass is 35.5. The Morgan fingerprint density at radius 2 is 1.87 bits per heavy atom. The first kappa shape index (κ1) is 24.3. The van der Waals surface area contributed by atoms with Crippen LogP contribution in [0.2, 0.25) is 6.32 Å². The van der Waals surface area contributed by atoms with Crippen molar-refractivity contribution in [3.63, 3.8) is 0 Å². The van der Waals surface area contributed by atoms with E-state index in [2.05, 4.69) is 15.5 Å². The largest absolute Gasteiger partial charge is 0.451 e. The molecular formula is C16H27BClN7O4S. The number of hydrogen-bond acceptors (Lipinski definition) is 10. The number of nitrogens with two attached hydrogens (primary N) is 2. The number of sulfone groups is 1. The summed E-state index contributed by atoms with van der Waals surface area (Å²) >= 11 is 0. The molecule has 6 N–H and O–H groups in total. The molecule has 1 unspecified atom stereocenters. The van der Waals surface area contributed by atoms with Gasteiger partial charge in [0.15, 0.2) is 15.7 Å². The van der Waals surface area contributed by atoms with Gasteiger partial charge in [-0.3, -0.25) is 0 Å². The van der Waals surface area contributed by atoms with Crippen LogP contribution in [0.25, 0.3) is 5.69 Å². The fraction of sp³-hybridized carbons (Fsp3) is 0.562. The number of benzene rings is 1. The van der Waals surface area contributed by atoms with E-state index in [1.165, 1.54) is 0 Å². The van der Waals surface area contributed by atoms with Gasteiger partial charge in [-0.05, 0) is 41.4 Å². The predicted octanol–water partition coefficient (Wildman–Crippen LogP) is -0.456. The van der Waals surface area contributed by atoms with Gasteiger partial charge in [-0.25, -0.2) is 8.42 Å². The van der Waals surface area contributed by atoms with Gasteiger partial charge in [0.1, 0.15) is 0 Å². The lowest BCUT2D eigenvalue weighted by molar-refractivity contribution is 0.400. The smallest absolute Gasteiger partial charge is 0.427 e. The van der Waals surface area contributed by atoms with Gasteiger partial charge in [0, 0.05) is 18.8 Å². The fourth-order valence-corrected chi connectivity index (χ4v) is 4.55. The quantitative estimate of drug-likeness (QED) is 0.230. The van der Waals surface area contributed by atoms with Gasteiger partial charge in [0.2, 0.25) is 0 Å². The zero-order valence-corrected chi connectivity index (χ0v) is 18.1. The Morgan fingerprint density at radius 3 is 2.53 bits per heavy atom. The first-order chi connectivity index (χ1) is 13.8. The minimum Gasteiger partial charge on any atom is -0.427 e. The Labute approximate surface area is 181 Å². The fourth-order valence-electron chi connectivity index (χ4n) is 3.35. The molecule has 0 saturated carbocycles. The third-order valence-electron chi connectivity index (χ3n) is 4.97. The molecule has 2 heterocycles. The average Bonchev–Trinajstić information content (AvgIpc) is 3.15. The van der Waals surface area contributed by atoms with E-state index in [1.807, 2.05) is 11.0 Å². The molecule has 14 heteroatoms. The zero-order valence-electron chi connectivity index (χ0n) is 16.5. The Balaban J connectivity index is 0.00000320. The molecule has 1 aliphatic heterocycles. The maximum absolute atomic E-state index is 11.8. The molecule has 0 aliphatic carbocycles. The van der Waals surface area contributed by atoms with E-state index in [4.69, 9.17) is 21.5 Å². The molecule has 166 valence electrons. The highest BCUT2D eigenvalue weighted by Gasteiger charge is 2.26. The van der Waals surface area contributed by atoms with E-state index in [0.29, 0.717) is 49.6 Å². The molecule has 1 aromatic heterocycles. The van der Waals surface area contributed by atoms with Crippen molar-refractivity contribution in [2.24, 2.45) is 5.73 Å². The second-order valence-electron chi connectivity index (χ2n) is 7.21. The summed E-state index contributed by atoms with van der Waals surface area (Å²) < 4.78 is 25.1. The lowest BCUT2D eigenvalue weighted by atomic mass is 9.83. The number of nitrogen functional groups attached to an aromatic ring is 1. The van der Waals surface area contributed by atoms with Gasteiger partial charge in [-0.15, -0.1) is 17.5 Å². The topological polar surface area (TPSA) is 173 Å². The predicted molar refractivity (Wildman–Crippen MR) is 117 cm³/mol. The minimum absolute atomic E-state index is 0. The van der Waals surface area contributed by atoms with Crippen LogP contribution in [0.1, 0.15) is 31.1 Å². The summed E-state index contributed by atoms with van der Waals surface area (Å²) in [5, 5.41) is 29.8. The molecule has 1 aliphatic rings. The molecule has 11 nitrogen and oxygen atoms in total. The molecule has 1 saturated heterocycles. The van der Waals surface area contributed by atoms with Crippen molar-refractivity contribution in [3.8, 4) is 5.69 Å². The number of halogens is 1. The van der Waals surface area contributed by atoms with E-state index in [-0.39, 0.29) is 30.2 Å². The van der Waals surface area contributed by atoms with Crippen LogP contribution in [0.15, 0.2) is 18.2 Å². The van der Waals surface area contributed by atoms with Crippen LogP contribution >= 0.6 is 12.4 Å². The van der Waals surface area contributed by atoms with Gasteiger partial charge in [-0.2, -0.15) is 4.68 Å². The highest BCUT2D eigenvalue weighted by molar-refractivity contribution is 7.91. The van der Waals surface area contributed by atoms with Crippen molar-refractivity contribution >= 4 is 40.7 Å². The van der Waals surface area contributed by atoms with Crippen LogP contribution in [0.5, 0.6) is 0 Å². The molecule has 1 aromatic carbocycles. The number of anilines is 2. The van der Waals surface area contributed by atoms with E-state index in [9.17, 15) is 8.42 Å². The van der Waals surface area contributed by atoms with Crippen molar-refractivity contribution in [2.75, 3.05) is 35.2 Å². The summed E-state index contributed by atoms with van der Waals surface area (Å²) in [5.41, 5.74) is 14.2.